The lowest BCUT2D eigenvalue weighted by Crippen LogP contribution is -2.40. The Hall–Kier alpha value is -1.88. The predicted molar refractivity (Wildman–Crippen MR) is 120 cm³/mol. The van der Waals surface area contributed by atoms with Gasteiger partial charge in [0.15, 0.2) is 14.1 Å². The third kappa shape index (κ3) is 4.09. The van der Waals surface area contributed by atoms with Crippen molar-refractivity contribution < 1.29 is 9.22 Å². The van der Waals surface area contributed by atoms with E-state index in [4.69, 9.17) is 16.0 Å². The van der Waals surface area contributed by atoms with Crippen LogP contribution in [-0.2, 0) is 11.0 Å². The summed E-state index contributed by atoms with van der Waals surface area (Å²) in [5.74, 6) is -0.0982. The number of alkyl halides is 1. The summed E-state index contributed by atoms with van der Waals surface area (Å²) in [6, 6.07) is 15.5. The Morgan fingerprint density at radius 3 is 2.43 bits per heavy atom. The fourth-order valence-electron chi connectivity index (χ4n) is 2.96. The molecule has 3 nitrogen and oxygen atoms in total. The quantitative estimate of drug-likeness (QED) is 0.272. The smallest absolute Gasteiger partial charge is 0.192 e. The highest BCUT2D eigenvalue weighted by Crippen LogP contribution is 2.38. The Bertz CT molecular complexity index is 973. The van der Waals surface area contributed by atoms with Crippen LogP contribution in [0, 0.1) is 0 Å². The molecule has 1 atom stereocenters. The zero-order valence-electron chi connectivity index (χ0n) is 17.2. The summed E-state index contributed by atoms with van der Waals surface area (Å²) in [7, 11) is -1.89. The molecule has 1 heterocycles. The Balaban J connectivity index is 1.94. The molecule has 0 saturated heterocycles. The Morgan fingerprint density at radius 2 is 1.79 bits per heavy atom. The van der Waals surface area contributed by atoms with Gasteiger partial charge in [-0.05, 0) is 35.3 Å². The van der Waals surface area contributed by atoms with E-state index in [1.54, 1.807) is 6.20 Å². The number of nitrogens with one attached hydrogen (secondary N) is 1. The maximum Gasteiger partial charge on any atom is 0.192 e. The molecule has 3 rings (SSSR count). The number of rotatable bonds is 6. The number of carbonyl (C=O) groups is 1. The number of hydrogen-bond donors (Lipinski definition) is 1. The van der Waals surface area contributed by atoms with Crippen molar-refractivity contribution in [3.05, 3.63) is 71.4 Å². The lowest BCUT2D eigenvalue weighted by atomic mass is 9.99. The van der Waals surface area contributed by atoms with Crippen molar-refractivity contribution in [2.24, 2.45) is 0 Å². The molecule has 2 aromatic carbocycles. The molecule has 0 fully saturated rings. The van der Waals surface area contributed by atoms with Crippen LogP contribution in [0.5, 0.6) is 0 Å². The number of ketones is 1. The van der Waals surface area contributed by atoms with Gasteiger partial charge < -0.3 is 9.41 Å². The normalized spacial score (nSPS) is 13.6. The third-order valence-corrected chi connectivity index (χ3v) is 10.7. The van der Waals surface area contributed by atoms with Gasteiger partial charge in [0.05, 0.1) is 6.61 Å². The fraction of sp³-hybridized carbons (Fsp3) is 0.348. The number of hydrogen-bond acceptors (Lipinski definition) is 2. The number of fused-ring (bicyclic) bond motifs is 1. The molecule has 0 amide bonds. The molecule has 1 unspecified atom stereocenters. The average Bonchev–Trinajstić information content (AvgIpc) is 3.09. The van der Waals surface area contributed by atoms with Crippen molar-refractivity contribution in [3.63, 3.8) is 0 Å². The molecule has 148 valence electrons. The molecular formula is C23H28ClNO2Si. The summed E-state index contributed by atoms with van der Waals surface area (Å²) in [5.41, 5.74) is 3.37. The van der Waals surface area contributed by atoms with Crippen LogP contribution in [0.15, 0.2) is 54.7 Å². The van der Waals surface area contributed by atoms with Crippen molar-refractivity contribution in [1.82, 2.24) is 4.98 Å². The molecule has 28 heavy (non-hydrogen) atoms. The van der Waals surface area contributed by atoms with Crippen LogP contribution in [0.1, 0.15) is 47.6 Å². The van der Waals surface area contributed by atoms with E-state index in [2.05, 4.69) is 38.8 Å². The van der Waals surface area contributed by atoms with Gasteiger partial charge >= 0.3 is 0 Å². The molecular weight excluding hydrogens is 386 g/mol. The minimum Gasteiger partial charge on any atom is -0.413 e. The number of carbonyl (C=O) groups excluding carboxylic acids is 1. The van der Waals surface area contributed by atoms with Gasteiger partial charge in [-0.25, -0.2) is 0 Å². The molecule has 0 spiro atoms. The summed E-state index contributed by atoms with van der Waals surface area (Å²) >= 11 is 6.52. The molecule has 0 aliphatic rings. The molecule has 3 aromatic rings. The van der Waals surface area contributed by atoms with Crippen molar-refractivity contribution >= 4 is 36.6 Å². The first kappa shape index (κ1) is 20.8. The summed E-state index contributed by atoms with van der Waals surface area (Å²) in [5, 5.41) is 0.328. The fourth-order valence-corrected chi connectivity index (χ4v) is 4.17. The molecule has 1 aromatic heterocycles. The van der Waals surface area contributed by atoms with Crippen LogP contribution in [0.3, 0.4) is 0 Å². The monoisotopic (exact) mass is 413 g/mol. The van der Waals surface area contributed by atoms with Gasteiger partial charge in [-0.2, -0.15) is 0 Å². The largest absolute Gasteiger partial charge is 0.413 e. The van der Waals surface area contributed by atoms with Gasteiger partial charge in [-0.3, -0.25) is 4.79 Å². The van der Waals surface area contributed by atoms with E-state index in [0.29, 0.717) is 12.2 Å². The minimum atomic E-state index is -1.89. The number of H-pyrrole nitrogens is 1. The van der Waals surface area contributed by atoms with Crippen molar-refractivity contribution in [3.8, 4) is 0 Å². The number of aromatic nitrogens is 1. The van der Waals surface area contributed by atoms with Crippen LogP contribution in [0.25, 0.3) is 10.9 Å². The molecule has 0 aliphatic carbocycles. The Labute approximate surface area is 173 Å². The zero-order valence-corrected chi connectivity index (χ0v) is 18.9. The molecule has 0 radical (unpaired) electrons. The van der Waals surface area contributed by atoms with Crippen molar-refractivity contribution in [1.29, 1.82) is 0 Å². The lowest BCUT2D eigenvalue weighted by Gasteiger charge is -2.36. The van der Waals surface area contributed by atoms with Crippen molar-refractivity contribution in [2.75, 3.05) is 0 Å². The average molecular weight is 414 g/mol. The second kappa shape index (κ2) is 7.86. The maximum absolute atomic E-state index is 13.1. The van der Waals surface area contributed by atoms with E-state index >= 15 is 0 Å². The summed E-state index contributed by atoms with van der Waals surface area (Å²) < 4.78 is 6.42. The van der Waals surface area contributed by atoms with Gasteiger partial charge in [0, 0.05) is 22.7 Å². The highest BCUT2D eigenvalue weighted by molar-refractivity contribution is 6.74. The van der Waals surface area contributed by atoms with E-state index in [1.807, 2.05) is 48.5 Å². The van der Waals surface area contributed by atoms with Crippen molar-refractivity contribution in [2.45, 2.75) is 50.9 Å². The number of aromatic amines is 1. The predicted octanol–water partition coefficient (Wildman–Crippen LogP) is 6.85. The Morgan fingerprint density at radius 1 is 1.11 bits per heavy atom. The van der Waals surface area contributed by atoms with Crippen LogP contribution < -0.4 is 0 Å². The standard InChI is InChI=1S/C23H28ClNO2Si/c1-23(2,3)28(4,5)27-15-17-12-9-13-19-20(17)18(14-25-19)22(26)21(24)16-10-7-6-8-11-16/h6-14,21,25H,15H2,1-5H3. The third-order valence-electron chi connectivity index (χ3n) is 5.77. The second-order valence-corrected chi connectivity index (χ2v) is 14.0. The van der Waals surface area contributed by atoms with Gasteiger partial charge in [0.2, 0.25) is 0 Å². The van der Waals surface area contributed by atoms with E-state index in [9.17, 15) is 4.79 Å². The topological polar surface area (TPSA) is 42.1 Å². The molecule has 0 bridgehead atoms. The lowest BCUT2D eigenvalue weighted by molar-refractivity contribution is 0.0988. The zero-order chi connectivity index (χ0) is 20.5. The first-order chi connectivity index (χ1) is 13.1. The van der Waals surface area contributed by atoms with E-state index < -0.39 is 13.7 Å². The Kier molecular flexibility index (Phi) is 5.85. The first-order valence-electron chi connectivity index (χ1n) is 9.58. The number of Topliss-reactive ketones (excluding diaryl/α,β-unsaturated/α-hetero) is 1. The van der Waals surface area contributed by atoms with Crippen LogP contribution in [0.2, 0.25) is 18.1 Å². The van der Waals surface area contributed by atoms with Crippen LogP contribution in [-0.4, -0.2) is 19.1 Å². The summed E-state index contributed by atoms with van der Waals surface area (Å²) in [4.78, 5) is 16.4. The summed E-state index contributed by atoms with van der Waals surface area (Å²) in [6.07, 6.45) is 1.77. The van der Waals surface area contributed by atoms with Gasteiger partial charge in [0.1, 0.15) is 5.38 Å². The van der Waals surface area contributed by atoms with Gasteiger partial charge in [0.25, 0.3) is 0 Å². The van der Waals surface area contributed by atoms with Crippen LogP contribution >= 0.6 is 11.6 Å². The van der Waals surface area contributed by atoms with Crippen LogP contribution in [0.4, 0.5) is 0 Å². The second-order valence-electron chi connectivity index (χ2n) is 8.73. The first-order valence-corrected chi connectivity index (χ1v) is 12.9. The highest BCUT2D eigenvalue weighted by Gasteiger charge is 2.37. The van der Waals surface area contributed by atoms with E-state index in [1.165, 1.54) is 0 Å². The SMILES string of the molecule is CC(C)(C)[Si](C)(C)OCc1cccc2[nH]cc(C(=O)C(Cl)c3ccccc3)c12. The van der Waals surface area contributed by atoms with Gasteiger partial charge in [-0.1, -0.05) is 63.2 Å². The van der Waals surface area contributed by atoms with Gasteiger partial charge in [-0.15, -0.1) is 11.6 Å². The minimum absolute atomic E-state index is 0.0982. The number of halogens is 1. The van der Waals surface area contributed by atoms with E-state index in [-0.39, 0.29) is 10.8 Å². The molecule has 1 N–H and O–H groups in total. The molecule has 5 heteroatoms. The number of benzene rings is 2. The highest BCUT2D eigenvalue weighted by atomic mass is 35.5. The van der Waals surface area contributed by atoms with E-state index in [0.717, 1.165) is 22.0 Å². The molecule has 0 saturated carbocycles. The molecule has 0 aliphatic heterocycles. The maximum atomic E-state index is 13.1. The summed E-state index contributed by atoms with van der Waals surface area (Å²) in [6.45, 7) is 11.6.